The molecule has 0 saturated carbocycles. The van der Waals surface area contributed by atoms with Crippen molar-refractivity contribution in [2.75, 3.05) is 11.9 Å². The van der Waals surface area contributed by atoms with E-state index in [1.54, 1.807) is 6.07 Å². The monoisotopic (exact) mass is 244 g/mol. The van der Waals surface area contributed by atoms with Crippen molar-refractivity contribution in [1.82, 2.24) is 0 Å². The van der Waals surface area contributed by atoms with Gasteiger partial charge < -0.3 is 10.6 Å². The molecule has 0 fully saturated rings. The van der Waals surface area contributed by atoms with Crippen LogP contribution < -0.4 is 10.6 Å². The lowest BCUT2D eigenvalue weighted by molar-refractivity contribution is 0.610. The predicted octanol–water partition coefficient (Wildman–Crippen LogP) is 3.36. The third-order valence-electron chi connectivity index (χ3n) is 3.14. The number of hydrogen-bond donors (Lipinski definition) is 1. The van der Waals surface area contributed by atoms with E-state index in [0.29, 0.717) is 5.56 Å². The Bertz CT molecular complexity index is 552. The van der Waals surface area contributed by atoms with Crippen LogP contribution in [0.15, 0.2) is 42.5 Å². The molecular formula is C15H17FN2. The SMILES string of the molecule is Cc1ccccc1N(C)c1cccc(F)c1CN. The molecule has 0 bridgehead atoms. The molecule has 0 amide bonds. The van der Waals surface area contributed by atoms with Gasteiger partial charge in [-0.15, -0.1) is 0 Å². The van der Waals surface area contributed by atoms with Gasteiger partial charge in [0, 0.05) is 30.5 Å². The van der Waals surface area contributed by atoms with Gasteiger partial charge >= 0.3 is 0 Å². The van der Waals surface area contributed by atoms with E-state index in [0.717, 1.165) is 16.9 Å². The second-order valence-electron chi connectivity index (χ2n) is 4.29. The van der Waals surface area contributed by atoms with Crippen molar-refractivity contribution in [2.45, 2.75) is 13.5 Å². The zero-order chi connectivity index (χ0) is 13.1. The minimum Gasteiger partial charge on any atom is -0.344 e. The highest BCUT2D eigenvalue weighted by atomic mass is 19.1. The molecule has 0 atom stereocenters. The first-order chi connectivity index (χ1) is 8.65. The van der Waals surface area contributed by atoms with Crippen LogP contribution in [0.2, 0.25) is 0 Å². The van der Waals surface area contributed by atoms with Gasteiger partial charge in [-0.25, -0.2) is 4.39 Å². The quantitative estimate of drug-likeness (QED) is 0.897. The third kappa shape index (κ3) is 2.22. The summed E-state index contributed by atoms with van der Waals surface area (Å²) in [6.45, 7) is 2.23. The van der Waals surface area contributed by atoms with Gasteiger partial charge in [0.25, 0.3) is 0 Å². The summed E-state index contributed by atoms with van der Waals surface area (Å²) < 4.78 is 13.7. The molecular weight excluding hydrogens is 227 g/mol. The number of hydrogen-bond acceptors (Lipinski definition) is 2. The molecule has 18 heavy (non-hydrogen) atoms. The number of anilines is 2. The van der Waals surface area contributed by atoms with Crippen molar-refractivity contribution < 1.29 is 4.39 Å². The molecule has 0 aromatic heterocycles. The predicted molar refractivity (Wildman–Crippen MR) is 73.5 cm³/mol. The second-order valence-corrected chi connectivity index (χ2v) is 4.29. The van der Waals surface area contributed by atoms with E-state index in [9.17, 15) is 4.39 Å². The summed E-state index contributed by atoms with van der Waals surface area (Å²) in [6.07, 6.45) is 0. The van der Waals surface area contributed by atoms with Gasteiger partial charge in [-0.05, 0) is 30.7 Å². The van der Waals surface area contributed by atoms with Crippen molar-refractivity contribution in [3.63, 3.8) is 0 Å². The molecule has 0 unspecified atom stereocenters. The Morgan fingerprint density at radius 2 is 1.72 bits per heavy atom. The Balaban J connectivity index is 2.50. The van der Waals surface area contributed by atoms with E-state index >= 15 is 0 Å². The Labute approximate surface area is 107 Å². The minimum atomic E-state index is -0.254. The first-order valence-electron chi connectivity index (χ1n) is 5.92. The fraction of sp³-hybridized carbons (Fsp3) is 0.200. The van der Waals surface area contributed by atoms with Crippen LogP contribution in [0.25, 0.3) is 0 Å². The van der Waals surface area contributed by atoms with Gasteiger partial charge in [0.1, 0.15) is 5.82 Å². The van der Waals surface area contributed by atoms with Crippen LogP contribution in [0.3, 0.4) is 0 Å². The van der Waals surface area contributed by atoms with Crippen LogP contribution in [-0.2, 0) is 6.54 Å². The number of nitrogens with two attached hydrogens (primary N) is 1. The van der Waals surface area contributed by atoms with E-state index < -0.39 is 0 Å². The first-order valence-corrected chi connectivity index (χ1v) is 5.92. The summed E-state index contributed by atoms with van der Waals surface area (Å²) in [6, 6.07) is 13.0. The standard InChI is InChI=1S/C15H17FN2/c1-11-6-3-4-8-14(11)18(2)15-9-5-7-13(16)12(15)10-17/h3-9H,10,17H2,1-2H3. The maximum Gasteiger partial charge on any atom is 0.129 e. The maximum atomic E-state index is 13.7. The van der Waals surface area contributed by atoms with Crippen LogP contribution in [0.1, 0.15) is 11.1 Å². The van der Waals surface area contributed by atoms with Crippen molar-refractivity contribution in [1.29, 1.82) is 0 Å². The second kappa shape index (κ2) is 5.19. The number of para-hydroxylation sites is 1. The smallest absolute Gasteiger partial charge is 0.129 e. The number of aryl methyl sites for hydroxylation is 1. The van der Waals surface area contributed by atoms with Gasteiger partial charge in [-0.2, -0.15) is 0 Å². The molecule has 0 aliphatic carbocycles. The molecule has 2 aromatic rings. The average Bonchev–Trinajstić information content (AvgIpc) is 2.38. The average molecular weight is 244 g/mol. The summed E-state index contributed by atoms with van der Waals surface area (Å²) in [4.78, 5) is 1.97. The normalized spacial score (nSPS) is 10.4. The highest BCUT2D eigenvalue weighted by molar-refractivity contribution is 5.68. The van der Waals surface area contributed by atoms with Gasteiger partial charge in [-0.3, -0.25) is 0 Å². The lowest BCUT2D eigenvalue weighted by Gasteiger charge is -2.24. The molecule has 0 spiro atoms. The lowest BCUT2D eigenvalue weighted by atomic mass is 10.1. The van der Waals surface area contributed by atoms with E-state index in [1.165, 1.54) is 6.07 Å². The number of halogens is 1. The summed E-state index contributed by atoms with van der Waals surface area (Å²) in [5, 5.41) is 0. The van der Waals surface area contributed by atoms with Crippen LogP contribution in [0, 0.1) is 12.7 Å². The van der Waals surface area contributed by atoms with E-state index in [4.69, 9.17) is 5.73 Å². The van der Waals surface area contributed by atoms with Crippen molar-refractivity contribution in [3.05, 3.63) is 59.4 Å². The van der Waals surface area contributed by atoms with Crippen molar-refractivity contribution >= 4 is 11.4 Å². The molecule has 0 heterocycles. The van der Waals surface area contributed by atoms with E-state index in [-0.39, 0.29) is 12.4 Å². The van der Waals surface area contributed by atoms with Gasteiger partial charge in [0.15, 0.2) is 0 Å². The highest BCUT2D eigenvalue weighted by Crippen LogP contribution is 2.30. The van der Waals surface area contributed by atoms with E-state index in [2.05, 4.69) is 0 Å². The molecule has 2 aromatic carbocycles. The minimum absolute atomic E-state index is 0.193. The topological polar surface area (TPSA) is 29.3 Å². The number of benzene rings is 2. The summed E-state index contributed by atoms with van der Waals surface area (Å²) in [5.41, 5.74) is 9.19. The first kappa shape index (κ1) is 12.6. The van der Waals surface area contributed by atoms with Gasteiger partial charge in [0.05, 0.1) is 0 Å². The van der Waals surface area contributed by atoms with Crippen molar-refractivity contribution in [3.8, 4) is 0 Å². The van der Waals surface area contributed by atoms with Crippen LogP contribution >= 0.6 is 0 Å². The molecule has 2 N–H and O–H groups in total. The maximum absolute atomic E-state index is 13.7. The fourth-order valence-electron chi connectivity index (χ4n) is 2.13. The molecule has 0 aliphatic rings. The Morgan fingerprint density at radius 3 is 2.39 bits per heavy atom. The molecule has 94 valence electrons. The zero-order valence-electron chi connectivity index (χ0n) is 10.7. The van der Waals surface area contributed by atoms with Crippen LogP contribution in [0.4, 0.5) is 15.8 Å². The molecule has 2 rings (SSSR count). The third-order valence-corrected chi connectivity index (χ3v) is 3.14. The molecule has 0 saturated heterocycles. The molecule has 0 radical (unpaired) electrons. The fourth-order valence-corrected chi connectivity index (χ4v) is 2.13. The highest BCUT2D eigenvalue weighted by Gasteiger charge is 2.13. The number of nitrogens with zero attached hydrogens (tertiary/aromatic N) is 1. The summed E-state index contributed by atoms with van der Waals surface area (Å²) in [5.74, 6) is -0.254. The summed E-state index contributed by atoms with van der Waals surface area (Å²) in [7, 11) is 1.93. The lowest BCUT2D eigenvalue weighted by Crippen LogP contribution is -2.15. The zero-order valence-corrected chi connectivity index (χ0v) is 10.7. The van der Waals surface area contributed by atoms with Crippen LogP contribution in [-0.4, -0.2) is 7.05 Å². The van der Waals surface area contributed by atoms with E-state index in [1.807, 2.05) is 49.2 Å². The largest absolute Gasteiger partial charge is 0.344 e. The van der Waals surface area contributed by atoms with Crippen molar-refractivity contribution in [2.24, 2.45) is 5.73 Å². The molecule has 2 nitrogen and oxygen atoms in total. The Hall–Kier alpha value is -1.87. The Kier molecular flexibility index (Phi) is 3.63. The molecule has 3 heteroatoms. The van der Waals surface area contributed by atoms with Crippen LogP contribution in [0.5, 0.6) is 0 Å². The van der Waals surface area contributed by atoms with Gasteiger partial charge in [-0.1, -0.05) is 24.3 Å². The summed E-state index contributed by atoms with van der Waals surface area (Å²) >= 11 is 0. The number of rotatable bonds is 3. The molecule has 0 aliphatic heterocycles. The van der Waals surface area contributed by atoms with Gasteiger partial charge in [0.2, 0.25) is 0 Å². The Morgan fingerprint density at radius 1 is 1.06 bits per heavy atom.